The Balaban J connectivity index is 3.52. The highest BCUT2D eigenvalue weighted by Crippen LogP contribution is 1.87. The van der Waals surface area contributed by atoms with E-state index in [2.05, 4.69) is 0 Å². The highest BCUT2D eigenvalue weighted by atomic mass is 16.3. The molecule has 0 radical (unpaired) electrons. The summed E-state index contributed by atoms with van der Waals surface area (Å²) in [6.45, 7) is 0.109. The zero-order valence-corrected chi connectivity index (χ0v) is 4.59. The molecule has 0 aromatic carbocycles. The van der Waals surface area contributed by atoms with Gasteiger partial charge < -0.3 is 16.6 Å². The summed E-state index contributed by atoms with van der Waals surface area (Å²) in [7, 11) is 0. The van der Waals surface area contributed by atoms with Gasteiger partial charge in [0.05, 0.1) is 18.4 Å². The quantitative estimate of drug-likeness (QED) is 0.267. The normalized spacial score (nSPS) is 13.2. The lowest BCUT2D eigenvalue weighted by Crippen LogP contribution is -2.31. The van der Waals surface area contributed by atoms with Gasteiger partial charge >= 0.3 is 0 Å². The third-order valence-corrected chi connectivity index (χ3v) is 0.945. The third-order valence-electron chi connectivity index (χ3n) is 0.945. The van der Waals surface area contributed by atoms with Crippen LogP contribution in [0.5, 0.6) is 0 Å². The molecule has 48 valence electrons. The minimum atomic E-state index is -0.352. The molecule has 8 heavy (non-hydrogen) atoms. The van der Waals surface area contributed by atoms with Crippen molar-refractivity contribution >= 4 is 5.84 Å². The predicted molar refractivity (Wildman–Crippen MR) is 31.5 cm³/mol. The van der Waals surface area contributed by atoms with Crippen LogP contribution in [-0.4, -0.2) is 24.1 Å². The Labute approximate surface area is 48.0 Å². The molecule has 0 bridgehead atoms. The van der Waals surface area contributed by atoms with E-state index in [0.29, 0.717) is 0 Å². The fourth-order valence-corrected chi connectivity index (χ4v) is 0.300. The van der Waals surface area contributed by atoms with Crippen LogP contribution >= 0.6 is 0 Å². The van der Waals surface area contributed by atoms with Crippen molar-refractivity contribution in [3.05, 3.63) is 0 Å². The fourth-order valence-electron chi connectivity index (χ4n) is 0.300. The summed E-state index contributed by atoms with van der Waals surface area (Å²) < 4.78 is 0. The van der Waals surface area contributed by atoms with Gasteiger partial charge in [0, 0.05) is 6.54 Å². The summed E-state index contributed by atoms with van der Waals surface area (Å²) in [5, 5.41) is 15.2. The minimum Gasteiger partial charge on any atom is -0.396 e. The second-order valence-corrected chi connectivity index (χ2v) is 1.57. The summed E-state index contributed by atoms with van der Waals surface area (Å²) >= 11 is 0. The lowest BCUT2D eigenvalue weighted by Gasteiger charge is -2.06. The summed E-state index contributed by atoms with van der Waals surface area (Å²) in [6.07, 6.45) is 0. The number of aliphatic hydroxyl groups is 1. The molecule has 1 unspecified atom stereocenters. The number of amidine groups is 1. The molecular formula is C4H11N3O. The Bertz CT molecular complexity index is 79.4. The average molecular weight is 117 g/mol. The smallest absolute Gasteiger partial charge is 0.0973 e. The predicted octanol–water partition coefficient (Wildman–Crippen LogP) is -1.51. The maximum Gasteiger partial charge on any atom is 0.0973 e. The summed E-state index contributed by atoms with van der Waals surface area (Å²) in [4.78, 5) is 0. The van der Waals surface area contributed by atoms with Gasteiger partial charge in [0.2, 0.25) is 0 Å². The molecule has 0 aliphatic heterocycles. The largest absolute Gasteiger partial charge is 0.396 e. The number of nitrogens with one attached hydrogen (secondary N) is 1. The Kier molecular flexibility index (Phi) is 3.14. The number of aliphatic hydroxyl groups excluding tert-OH is 1. The Morgan fingerprint density at radius 1 is 1.75 bits per heavy atom. The van der Waals surface area contributed by atoms with Gasteiger partial charge in [0.15, 0.2) is 0 Å². The van der Waals surface area contributed by atoms with E-state index in [4.69, 9.17) is 22.0 Å². The lowest BCUT2D eigenvalue weighted by molar-refractivity contribution is 0.263. The number of nitrogens with two attached hydrogens (primary N) is 2. The van der Waals surface area contributed by atoms with Gasteiger partial charge in [-0.3, -0.25) is 5.41 Å². The van der Waals surface area contributed by atoms with Crippen molar-refractivity contribution in [2.75, 3.05) is 13.2 Å². The first kappa shape index (κ1) is 7.39. The van der Waals surface area contributed by atoms with Crippen LogP contribution in [0.4, 0.5) is 0 Å². The van der Waals surface area contributed by atoms with Crippen LogP contribution in [0.15, 0.2) is 0 Å². The standard InChI is InChI=1S/C4H11N3O/c5-1-3(2-8)4(6)7/h3,8H,1-2,5H2,(H3,6,7). The fraction of sp³-hybridized carbons (Fsp3) is 0.750. The van der Waals surface area contributed by atoms with Gasteiger partial charge in [-0.1, -0.05) is 0 Å². The van der Waals surface area contributed by atoms with Gasteiger partial charge in [0.1, 0.15) is 0 Å². The molecular weight excluding hydrogens is 106 g/mol. The summed E-state index contributed by atoms with van der Waals surface area (Å²) in [6, 6.07) is 0. The van der Waals surface area contributed by atoms with E-state index >= 15 is 0 Å². The van der Waals surface area contributed by atoms with E-state index < -0.39 is 0 Å². The van der Waals surface area contributed by atoms with Crippen molar-refractivity contribution in [1.29, 1.82) is 5.41 Å². The number of hydrogen-bond acceptors (Lipinski definition) is 3. The van der Waals surface area contributed by atoms with E-state index in [1.807, 2.05) is 0 Å². The van der Waals surface area contributed by atoms with Crippen LogP contribution in [0.3, 0.4) is 0 Å². The molecule has 1 atom stereocenters. The molecule has 0 aromatic rings. The molecule has 0 saturated carbocycles. The first-order chi connectivity index (χ1) is 3.72. The SMILES string of the molecule is N=C(N)C(CN)CO. The van der Waals surface area contributed by atoms with E-state index in [9.17, 15) is 0 Å². The Morgan fingerprint density at radius 2 is 2.25 bits per heavy atom. The van der Waals surface area contributed by atoms with Gasteiger partial charge in [-0.05, 0) is 0 Å². The summed E-state index contributed by atoms with van der Waals surface area (Å²) in [5.74, 6) is -0.398. The van der Waals surface area contributed by atoms with E-state index in [1.165, 1.54) is 0 Å². The first-order valence-electron chi connectivity index (χ1n) is 2.37. The van der Waals surface area contributed by atoms with Crippen molar-refractivity contribution in [3.63, 3.8) is 0 Å². The lowest BCUT2D eigenvalue weighted by atomic mass is 10.1. The first-order valence-corrected chi connectivity index (χ1v) is 2.37. The van der Waals surface area contributed by atoms with Gasteiger partial charge in [-0.25, -0.2) is 0 Å². The zero-order valence-electron chi connectivity index (χ0n) is 4.59. The maximum atomic E-state index is 8.40. The Morgan fingerprint density at radius 3 is 2.25 bits per heavy atom. The van der Waals surface area contributed by atoms with E-state index in [-0.39, 0.29) is 24.9 Å². The zero-order chi connectivity index (χ0) is 6.57. The van der Waals surface area contributed by atoms with Crippen molar-refractivity contribution < 1.29 is 5.11 Å². The van der Waals surface area contributed by atoms with Crippen LogP contribution < -0.4 is 11.5 Å². The maximum absolute atomic E-state index is 8.40. The molecule has 0 rings (SSSR count). The van der Waals surface area contributed by atoms with Crippen LogP contribution in [0.2, 0.25) is 0 Å². The van der Waals surface area contributed by atoms with Gasteiger partial charge in [0.25, 0.3) is 0 Å². The van der Waals surface area contributed by atoms with Crippen LogP contribution in [0.25, 0.3) is 0 Å². The van der Waals surface area contributed by atoms with Crippen molar-refractivity contribution in [2.24, 2.45) is 17.4 Å². The molecule has 0 saturated heterocycles. The van der Waals surface area contributed by atoms with Crippen LogP contribution in [0.1, 0.15) is 0 Å². The van der Waals surface area contributed by atoms with Crippen LogP contribution in [-0.2, 0) is 0 Å². The number of rotatable bonds is 3. The highest BCUT2D eigenvalue weighted by molar-refractivity contribution is 5.79. The molecule has 0 aromatic heterocycles. The van der Waals surface area contributed by atoms with Gasteiger partial charge in [-0.15, -0.1) is 0 Å². The molecule has 4 nitrogen and oxygen atoms in total. The van der Waals surface area contributed by atoms with Crippen molar-refractivity contribution in [2.45, 2.75) is 0 Å². The summed E-state index contributed by atoms with van der Waals surface area (Å²) in [5.41, 5.74) is 10.1. The van der Waals surface area contributed by atoms with Crippen molar-refractivity contribution in [3.8, 4) is 0 Å². The number of hydrogen-bond donors (Lipinski definition) is 4. The molecule has 0 fully saturated rings. The molecule has 0 aliphatic carbocycles. The minimum absolute atomic E-state index is 0.0463. The molecule has 0 spiro atoms. The van der Waals surface area contributed by atoms with E-state index in [0.717, 1.165) is 0 Å². The second-order valence-electron chi connectivity index (χ2n) is 1.57. The molecule has 0 aliphatic rings. The highest BCUT2D eigenvalue weighted by Gasteiger charge is 2.05. The molecule has 0 heterocycles. The molecule has 6 N–H and O–H groups in total. The second kappa shape index (κ2) is 3.40. The monoisotopic (exact) mass is 117 g/mol. The van der Waals surface area contributed by atoms with Crippen molar-refractivity contribution in [1.82, 2.24) is 0 Å². The Hall–Kier alpha value is -0.610. The van der Waals surface area contributed by atoms with Gasteiger partial charge in [-0.2, -0.15) is 0 Å². The van der Waals surface area contributed by atoms with E-state index in [1.54, 1.807) is 0 Å². The van der Waals surface area contributed by atoms with Crippen LogP contribution in [0, 0.1) is 11.3 Å². The topological polar surface area (TPSA) is 96.1 Å². The third kappa shape index (κ3) is 1.90. The molecule has 0 amide bonds. The molecule has 4 heteroatoms. The average Bonchev–Trinajstić information content (AvgIpc) is 1.69.